The summed E-state index contributed by atoms with van der Waals surface area (Å²) in [5.74, 6) is -4.68. The average molecular weight is 859 g/mol. The summed E-state index contributed by atoms with van der Waals surface area (Å²) < 4.78 is 74.1. The van der Waals surface area contributed by atoms with E-state index in [1.165, 1.54) is 11.8 Å². The molecule has 0 spiro atoms. The van der Waals surface area contributed by atoms with Crippen molar-refractivity contribution in [2.24, 2.45) is 34.5 Å². The molecule has 8 rings (SSSR count). The van der Waals surface area contributed by atoms with Crippen LogP contribution in [0.25, 0.3) is 11.0 Å². The predicted molar refractivity (Wildman–Crippen MR) is 218 cm³/mol. The Kier molecular flexibility index (Phi) is 12.1. The Morgan fingerprint density at radius 2 is 1.73 bits per heavy atom. The van der Waals surface area contributed by atoms with Gasteiger partial charge >= 0.3 is 5.97 Å². The summed E-state index contributed by atoms with van der Waals surface area (Å²) in [7, 11) is -2.64. The zero-order valence-corrected chi connectivity index (χ0v) is 35.2. The fourth-order valence-electron chi connectivity index (χ4n) is 10.1. The van der Waals surface area contributed by atoms with E-state index in [1.807, 2.05) is 13.0 Å². The Labute approximate surface area is 351 Å². The molecule has 330 valence electrons. The number of methoxy groups -OCH3 is 1. The number of aromatic nitrogens is 2. The number of Topliss-reactive ketones (excluding diaryl/α,β-unsaturated/α-hetero) is 1. The molecule has 2 aliphatic heterocycles. The van der Waals surface area contributed by atoms with Crippen LogP contribution in [0, 0.1) is 34.5 Å². The molecule has 16 heteroatoms. The summed E-state index contributed by atoms with van der Waals surface area (Å²) in [5, 5.41) is 0. The normalized spacial score (nSPS) is 32.3. The molecular weight excluding hydrogens is 799 g/mol. The van der Waals surface area contributed by atoms with Crippen LogP contribution in [0.1, 0.15) is 124 Å². The maximum Gasteiger partial charge on any atom is 0.306 e. The summed E-state index contributed by atoms with van der Waals surface area (Å²) in [6.07, 6.45) is 3.42. The van der Waals surface area contributed by atoms with E-state index < -0.39 is 91.9 Å². The molecule has 13 nitrogen and oxygen atoms in total. The molecule has 8 atom stereocenters. The van der Waals surface area contributed by atoms with E-state index in [1.54, 1.807) is 26.2 Å². The van der Waals surface area contributed by atoms with Gasteiger partial charge in [-0.15, -0.1) is 0 Å². The van der Waals surface area contributed by atoms with Gasteiger partial charge in [0.1, 0.15) is 23.7 Å². The van der Waals surface area contributed by atoms with Crippen molar-refractivity contribution in [1.82, 2.24) is 19.6 Å². The Morgan fingerprint density at radius 3 is 2.40 bits per heavy atom. The topological polar surface area (TPSA) is 171 Å². The van der Waals surface area contributed by atoms with Gasteiger partial charge in [0.25, 0.3) is 0 Å². The number of aryl methyl sites for hydroxylation is 1. The zero-order valence-electron chi connectivity index (χ0n) is 34.3. The number of carbonyl (C=O) groups is 4. The van der Waals surface area contributed by atoms with Gasteiger partial charge in [-0.05, 0) is 88.2 Å². The lowest BCUT2D eigenvalue weighted by molar-refractivity contribution is -0.155. The first-order chi connectivity index (χ1) is 28.0. The van der Waals surface area contributed by atoms with E-state index in [9.17, 15) is 31.6 Å². The highest BCUT2D eigenvalue weighted by molar-refractivity contribution is 7.91. The highest BCUT2D eigenvalue weighted by Crippen LogP contribution is 2.59. The summed E-state index contributed by atoms with van der Waals surface area (Å²) in [6, 6.07) is 4.14. The average Bonchev–Trinajstić information content (AvgIpc) is 4.15. The molecule has 0 radical (unpaired) electrons. The number of ether oxygens (including phenoxy) is 3. The minimum absolute atomic E-state index is 0. The fourth-order valence-corrected chi connectivity index (χ4v) is 11.4. The molecule has 0 unspecified atom stereocenters. The lowest BCUT2D eigenvalue weighted by Gasteiger charge is -2.37. The van der Waals surface area contributed by atoms with Crippen molar-refractivity contribution < 1.29 is 50.6 Å². The number of hydrogen-bond donors (Lipinski definition) is 1. The van der Waals surface area contributed by atoms with E-state index in [0.717, 1.165) is 44.9 Å². The van der Waals surface area contributed by atoms with Gasteiger partial charge in [-0.25, -0.2) is 27.2 Å². The largest absolute Gasteiger partial charge is 0.497 e. The Hall–Kier alpha value is -3.95. The Morgan fingerprint density at radius 1 is 1.00 bits per heavy atom. The number of hydrogen-bond acceptors (Lipinski definition) is 11. The van der Waals surface area contributed by atoms with Gasteiger partial charge in [-0.2, -0.15) is 0 Å². The van der Waals surface area contributed by atoms with Crippen LogP contribution in [-0.4, -0.2) is 89.9 Å². The number of amides is 2. The van der Waals surface area contributed by atoms with Crippen LogP contribution in [0.4, 0.5) is 8.78 Å². The van der Waals surface area contributed by atoms with Crippen molar-refractivity contribution in [1.29, 1.82) is 0 Å². The van der Waals surface area contributed by atoms with Gasteiger partial charge in [0, 0.05) is 24.3 Å². The van der Waals surface area contributed by atoms with E-state index in [4.69, 9.17) is 24.2 Å². The number of sulfonamides is 1. The number of fused-ring (bicyclic) bond motifs is 5. The third-order valence-corrected chi connectivity index (χ3v) is 16.8. The number of alkyl halides is 2. The summed E-state index contributed by atoms with van der Waals surface area (Å²) >= 11 is 0. The van der Waals surface area contributed by atoms with Gasteiger partial charge in [0.05, 0.1) is 53.2 Å². The van der Waals surface area contributed by atoms with Crippen molar-refractivity contribution in [2.75, 3.05) is 13.7 Å². The number of ketones is 1. The Balaban J connectivity index is 0.00000544. The summed E-state index contributed by atoms with van der Waals surface area (Å²) in [4.78, 5) is 68.6. The first-order valence-electron chi connectivity index (χ1n) is 21.4. The molecule has 1 N–H and O–H groups in total. The minimum atomic E-state index is -4.19. The number of rotatable bonds is 9. The van der Waals surface area contributed by atoms with Crippen LogP contribution in [0.2, 0.25) is 0 Å². The number of carbonyl (C=O) groups excluding carboxylic acids is 4. The van der Waals surface area contributed by atoms with Crippen LogP contribution in [-0.2, 0) is 40.4 Å². The minimum Gasteiger partial charge on any atom is -0.497 e. The molecule has 60 heavy (non-hydrogen) atoms. The third-order valence-electron chi connectivity index (χ3n) is 14.7. The summed E-state index contributed by atoms with van der Waals surface area (Å²) in [6.45, 7) is 5.15. The highest BCUT2D eigenvalue weighted by Gasteiger charge is 2.67. The molecule has 4 saturated carbocycles. The SMILES string of the molecule is C.COc1ccc2nc3c(nc2c1)O[C@H]1CN(C(=O)[C@H](C2(C)CCCC2)CC(=O)O[C@@H]2C[C@H]2CCCCC3)[C@H](C(=O)C[C@]2(C(=O)NS(=O)(=O)C3(C)CC3)C[C@H]2C(F)F)[C@@H]1C. The number of benzene rings is 1. The number of halogens is 2. The molecule has 4 aliphatic carbocycles. The van der Waals surface area contributed by atoms with Crippen molar-refractivity contribution in [3.05, 3.63) is 23.9 Å². The second kappa shape index (κ2) is 16.4. The summed E-state index contributed by atoms with van der Waals surface area (Å²) in [5.41, 5.74) is -0.747. The highest BCUT2D eigenvalue weighted by atomic mass is 32.2. The van der Waals surface area contributed by atoms with Crippen LogP contribution in [0.15, 0.2) is 18.2 Å². The van der Waals surface area contributed by atoms with E-state index in [2.05, 4.69) is 4.72 Å². The monoisotopic (exact) mass is 858 g/mol. The zero-order chi connectivity index (χ0) is 42.1. The van der Waals surface area contributed by atoms with Gasteiger partial charge in [0.15, 0.2) is 5.78 Å². The molecule has 2 aromatic rings. The van der Waals surface area contributed by atoms with E-state index in [-0.39, 0.29) is 44.7 Å². The predicted octanol–water partition coefficient (Wildman–Crippen LogP) is 6.73. The smallest absolute Gasteiger partial charge is 0.306 e. The van der Waals surface area contributed by atoms with Gasteiger partial charge in [0.2, 0.25) is 34.1 Å². The quantitative estimate of drug-likeness (QED) is 0.265. The molecule has 5 fully saturated rings. The number of esters is 1. The lowest BCUT2D eigenvalue weighted by Crippen LogP contribution is -2.50. The first kappa shape index (κ1) is 44.1. The molecule has 1 saturated heterocycles. The van der Waals surface area contributed by atoms with Crippen molar-refractivity contribution in [3.8, 4) is 11.6 Å². The van der Waals surface area contributed by atoms with E-state index >= 15 is 4.79 Å². The van der Waals surface area contributed by atoms with Gasteiger partial charge in [-0.1, -0.05) is 47.0 Å². The molecule has 1 aromatic heterocycles. The maximum atomic E-state index is 15.2. The van der Waals surface area contributed by atoms with Crippen molar-refractivity contribution in [3.63, 3.8) is 0 Å². The van der Waals surface area contributed by atoms with E-state index in [0.29, 0.717) is 54.6 Å². The van der Waals surface area contributed by atoms with Crippen LogP contribution >= 0.6 is 0 Å². The van der Waals surface area contributed by atoms with Crippen molar-refractivity contribution >= 4 is 44.6 Å². The lowest BCUT2D eigenvalue weighted by atomic mass is 9.73. The van der Waals surface area contributed by atoms with Crippen LogP contribution in [0.3, 0.4) is 0 Å². The first-order valence-corrected chi connectivity index (χ1v) is 22.8. The third kappa shape index (κ3) is 8.34. The molecular formula is C44H60F2N4O9S. The standard InChI is InChI=1S/C43H56F2N4O9S.CH4/c1-24-34-23-49(36(24)32(50)22-43(21-28(43)37(44)45)40(53)48-59(54,55)42(3)16-17-42)39(52)27(41(2)14-8-9-15-41)20-35(51)57-33-18-25(33)10-6-5-7-11-30-38(58-34)47-31-19-26(56-4)12-13-29(31)46-30;/h12-13,19,24-25,27-28,33-34,36-37H,5-11,14-18,20-23H2,1-4H3,(H,48,53);1H4/t24-,25-,27-,28+,33-,34+,36+,43-;/m1./s1. The molecule has 6 aliphatic rings. The van der Waals surface area contributed by atoms with Crippen molar-refractivity contribution in [2.45, 2.75) is 154 Å². The molecule has 1 aromatic carbocycles. The molecule has 2 amide bonds. The van der Waals surface area contributed by atoms with Gasteiger partial charge < -0.3 is 19.1 Å². The van der Waals surface area contributed by atoms with Crippen LogP contribution < -0.4 is 14.2 Å². The fraction of sp³-hybridized carbons (Fsp3) is 0.727. The maximum absolute atomic E-state index is 15.2. The second-order valence-electron chi connectivity index (χ2n) is 18.9. The van der Waals surface area contributed by atoms with Crippen LogP contribution in [0.5, 0.6) is 11.6 Å². The Bertz CT molecular complexity index is 2130. The number of nitrogens with one attached hydrogen (secondary N) is 1. The van der Waals surface area contributed by atoms with Gasteiger partial charge in [-0.3, -0.25) is 23.9 Å². The molecule has 2 bridgehead atoms. The number of nitrogens with zero attached hydrogens (tertiary/aromatic N) is 3. The second-order valence-corrected chi connectivity index (χ2v) is 21.0. The molecule has 3 heterocycles.